The first-order valence-corrected chi connectivity index (χ1v) is 7.61. The summed E-state index contributed by atoms with van der Waals surface area (Å²) in [7, 11) is -3.19. The molecular formula is C12H16N2O2S. The second-order valence-electron chi connectivity index (χ2n) is 4.97. The molecule has 0 aliphatic carbocycles. The molecule has 1 aromatic heterocycles. The molecule has 2 aliphatic heterocycles. The van der Waals surface area contributed by atoms with Crippen molar-refractivity contribution in [3.8, 4) is 0 Å². The highest BCUT2D eigenvalue weighted by atomic mass is 32.2. The lowest BCUT2D eigenvalue weighted by Crippen LogP contribution is -2.43. The van der Waals surface area contributed by atoms with E-state index in [9.17, 15) is 8.42 Å². The molecule has 4 nitrogen and oxygen atoms in total. The molecule has 17 heavy (non-hydrogen) atoms. The normalized spacial score (nSPS) is 32.6. The van der Waals surface area contributed by atoms with Crippen molar-refractivity contribution >= 4 is 9.84 Å². The largest absolute Gasteiger partial charge is 0.311 e. The molecule has 2 saturated heterocycles. The van der Waals surface area contributed by atoms with Crippen LogP contribution in [0.25, 0.3) is 0 Å². The van der Waals surface area contributed by atoms with Crippen LogP contribution in [0.4, 0.5) is 0 Å². The Hall–Kier alpha value is -0.940. The molecule has 3 rings (SSSR count). The van der Waals surface area contributed by atoms with Gasteiger partial charge < -0.3 is 5.32 Å². The van der Waals surface area contributed by atoms with E-state index in [1.807, 2.05) is 0 Å². The van der Waals surface area contributed by atoms with Gasteiger partial charge >= 0.3 is 0 Å². The molecule has 92 valence electrons. The van der Waals surface area contributed by atoms with Gasteiger partial charge in [0.05, 0.1) is 10.1 Å². The summed E-state index contributed by atoms with van der Waals surface area (Å²) in [6.45, 7) is 0. The van der Waals surface area contributed by atoms with Crippen LogP contribution in [0, 0.1) is 0 Å². The van der Waals surface area contributed by atoms with Crippen LogP contribution in [0.2, 0.25) is 0 Å². The minimum absolute atomic E-state index is 0.231. The Bertz CT molecular complexity index is 488. The van der Waals surface area contributed by atoms with Crippen molar-refractivity contribution in [1.82, 2.24) is 10.3 Å². The van der Waals surface area contributed by atoms with Gasteiger partial charge in [0.15, 0.2) is 9.84 Å². The summed E-state index contributed by atoms with van der Waals surface area (Å²) in [5.41, 5.74) is 0. The van der Waals surface area contributed by atoms with Crippen molar-refractivity contribution in [2.24, 2.45) is 0 Å². The number of pyridine rings is 1. The number of rotatable bonds is 2. The summed E-state index contributed by atoms with van der Waals surface area (Å²) >= 11 is 0. The molecular weight excluding hydrogens is 236 g/mol. The van der Waals surface area contributed by atoms with Crippen LogP contribution in [-0.2, 0) is 9.84 Å². The lowest BCUT2D eigenvalue weighted by molar-refractivity contribution is 0.401. The van der Waals surface area contributed by atoms with Crippen molar-refractivity contribution in [1.29, 1.82) is 0 Å². The first-order valence-electron chi connectivity index (χ1n) is 6.06. The predicted molar refractivity (Wildman–Crippen MR) is 64.4 cm³/mol. The zero-order chi connectivity index (χ0) is 11.9. The fraction of sp³-hybridized carbons (Fsp3) is 0.583. The van der Waals surface area contributed by atoms with E-state index in [1.165, 1.54) is 6.20 Å². The maximum atomic E-state index is 12.4. The summed E-state index contributed by atoms with van der Waals surface area (Å²) < 4.78 is 24.9. The summed E-state index contributed by atoms with van der Waals surface area (Å²) in [6, 6.07) is 4.12. The molecule has 3 heterocycles. The van der Waals surface area contributed by atoms with Crippen LogP contribution >= 0.6 is 0 Å². The standard InChI is InChI=1S/C12H16N2O2S/c15-17(16,11-2-1-5-13-8-11)12-6-9-3-4-10(7-12)14-9/h1-2,5,8-10,12,14H,3-4,6-7H2/t9-,10+,12?. The number of aromatic nitrogens is 1. The second-order valence-corrected chi connectivity index (χ2v) is 7.19. The maximum absolute atomic E-state index is 12.4. The summed E-state index contributed by atoms with van der Waals surface area (Å²) in [6.07, 6.45) is 6.78. The Balaban J connectivity index is 1.89. The Morgan fingerprint density at radius 3 is 2.53 bits per heavy atom. The first kappa shape index (κ1) is 11.2. The average molecular weight is 252 g/mol. The Morgan fingerprint density at radius 1 is 1.24 bits per heavy atom. The van der Waals surface area contributed by atoms with Gasteiger partial charge in [-0.15, -0.1) is 0 Å². The van der Waals surface area contributed by atoms with Crippen molar-refractivity contribution in [3.63, 3.8) is 0 Å². The number of nitrogens with one attached hydrogen (secondary N) is 1. The van der Waals surface area contributed by atoms with E-state index in [1.54, 1.807) is 18.3 Å². The van der Waals surface area contributed by atoms with Crippen molar-refractivity contribution in [3.05, 3.63) is 24.5 Å². The molecule has 2 aliphatic rings. The molecule has 2 bridgehead atoms. The lowest BCUT2D eigenvalue weighted by Gasteiger charge is -2.28. The Morgan fingerprint density at radius 2 is 1.94 bits per heavy atom. The van der Waals surface area contributed by atoms with Crippen molar-refractivity contribution in [2.75, 3.05) is 0 Å². The third-order valence-electron chi connectivity index (χ3n) is 3.83. The molecule has 1 unspecified atom stereocenters. The molecule has 1 N–H and O–H groups in total. The topological polar surface area (TPSA) is 59.1 Å². The number of fused-ring (bicyclic) bond motifs is 2. The van der Waals surface area contributed by atoms with Gasteiger partial charge in [0.2, 0.25) is 0 Å². The number of hydrogen-bond acceptors (Lipinski definition) is 4. The van der Waals surface area contributed by atoms with Gasteiger partial charge in [-0.3, -0.25) is 4.98 Å². The van der Waals surface area contributed by atoms with E-state index in [0.717, 1.165) is 25.7 Å². The Labute approximate surface area is 101 Å². The second kappa shape index (κ2) is 4.07. The highest BCUT2D eigenvalue weighted by Crippen LogP contribution is 2.33. The molecule has 0 spiro atoms. The summed E-state index contributed by atoms with van der Waals surface area (Å²) in [5.74, 6) is 0. The van der Waals surface area contributed by atoms with E-state index < -0.39 is 9.84 Å². The monoisotopic (exact) mass is 252 g/mol. The molecule has 3 atom stereocenters. The minimum atomic E-state index is -3.19. The number of nitrogens with zero attached hydrogens (tertiary/aromatic N) is 1. The van der Waals surface area contributed by atoms with E-state index >= 15 is 0 Å². The molecule has 0 saturated carbocycles. The third-order valence-corrected chi connectivity index (χ3v) is 5.99. The molecule has 0 radical (unpaired) electrons. The zero-order valence-electron chi connectivity index (χ0n) is 9.54. The number of sulfone groups is 1. The minimum Gasteiger partial charge on any atom is -0.311 e. The van der Waals surface area contributed by atoms with Crippen LogP contribution in [0.1, 0.15) is 25.7 Å². The van der Waals surface area contributed by atoms with Gasteiger partial charge in [-0.1, -0.05) is 0 Å². The van der Waals surface area contributed by atoms with Gasteiger partial charge in [0.1, 0.15) is 0 Å². The van der Waals surface area contributed by atoms with E-state index in [0.29, 0.717) is 17.0 Å². The Kier molecular flexibility index (Phi) is 2.67. The van der Waals surface area contributed by atoms with Gasteiger partial charge in [-0.05, 0) is 37.8 Å². The fourth-order valence-electron chi connectivity index (χ4n) is 2.97. The lowest BCUT2D eigenvalue weighted by atomic mass is 10.1. The van der Waals surface area contributed by atoms with Gasteiger partial charge in [-0.2, -0.15) is 0 Å². The van der Waals surface area contributed by atoms with Crippen molar-refractivity contribution < 1.29 is 8.42 Å². The van der Waals surface area contributed by atoms with E-state index in [2.05, 4.69) is 10.3 Å². The predicted octanol–water partition coefficient (Wildman–Crippen LogP) is 1.14. The van der Waals surface area contributed by atoms with E-state index in [-0.39, 0.29) is 5.25 Å². The summed E-state index contributed by atoms with van der Waals surface area (Å²) in [4.78, 5) is 4.27. The zero-order valence-corrected chi connectivity index (χ0v) is 10.4. The fourth-order valence-corrected chi connectivity index (χ4v) is 4.80. The highest BCUT2D eigenvalue weighted by Gasteiger charge is 2.40. The van der Waals surface area contributed by atoms with E-state index in [4.69, 9.17) is 0 Å². The first-order chi connectivity index (χ1) is 8.16. The van der Waals surface area contributed by atoms with Crippen LogP contribution in [0.15, 0.2) is 29.4 Å². The molecule has 2 fully saturated rings. The molecule has 5 heteroatoms. The SMILES string of the molecule is O=S(=O)(c1cccnc1)C1C[C@H]2CC[C@@H](C1)N2. The van der Waals surface area contributed by atoms with Gasteiger partial charge in [-0.25, -0.2) is 8.42 Å². The highest BCUT2D eigenvalue weighted by molar-refractivity contribution is 7.92. The van der Waals surface area contributed by atoms with Crippen LogP contribution in [0.3, 0.4) is 0 Å². The van der Waals surface area contributed by atoms with Gasteiger partial charge in [0, 0.05) is 24.5 Å². The average Bonchev–Trinajstić information content (AvgIpc) is 2.69. The van der Waals surface area contributed by atoms with Crippen LogP contribution in [0.5, 0.6) is 0 Å². The molecule has 0 amide bonds. The number of piperidine rings is 1. The molecule has 1 aromatic rings. The van der Waals surface area contributed by atoms with Gasteiger partial charge in [0.25, 0.3) is 0 Å². The van der Waals surface area contributed by atoms with Crippen LogP contribution in [-0.4, -0.2) is 30.7 Å². The van der Waals surface area contributed by atoms with Crippen LogP contribution < -0.4 is 5.32 Å². The quantitative estimate of drug-likeness (QED) is 0.857. The molecule has 0 aromatic carbocycles. The van der Waals surface area contributed by atoms with Crippen molar-refractivity contribution in [2.45, 2.75) is 47.9 Å². The number of hydrogen-bond donors (Lipinski definition) is 1. The maximum Gasteiger partial charge on any atom is 0.182 e. The third kappa shape index (κ3) is 1.98. The smallest absolute Gasteiger partial charge is 0.182 e. The summed E-state index contributed by atoms with van der Waals surface area (Å²) in [5, 5.41) is 3.23.